The highest BCUT2D eigenvalue weighted by molar-refractivity contribution is 6.32. The van der Waals surface area contributed by atoms with Crippen molar-refractivity contribution < 1.29 is 19.0 Å². The number of ether oxygens (including phenoxy) is 1. The molecule has 0 bridgehead atoms. The van der Waals surface area contributed by atoms with Crippen LogP contribution in [0, 0.1) is 5.82 Å². The highest BCUT2D eigenvalue weighted by Crippen LogP contribution is 2.33. The van der Waals surface area contributed by atoms with E-state index < -0.39 is 17.8 Å². The summed E-state index contributed by atoms with van der Waals surface area (Å²) in [6.07, 6.45) is 0. The smallest absolute Gasteiger partial charge is 0.325 e. The molecule has 0 aliphatic rings. The lowest BCUT2D eigenvalue weighted by Gasteiger charge is -2.13. The first-order valence-corrected chi connectivity index (χ1v) is 4.37. The summed E-state index contributed by atoms with van der Waals surface area (Å²) in [4.78, 5) is 10.6. The summed E-state index contributed by atoms with van der Waals surface area (Å²) >= 11 is 5.60. The van der Waals surface area contributed by atoms with Crippen molar-refractivity contribution >= 4 is 17.6 Å². The van der Waals surface area contributed by atoms with E-state index in [2.05, 4.69) is 0 Å². The van der Waals surface area contributed by atoms with Gasteiger partial charge in [0.1, 0.15) is 22.6 Å². The summed E-state index contributed by atoms with van der Waals surface area (Å²) in [5, 5.41) is 8.43. The summed E-state index contributed by atoms with van der Waals surface area (Å²) in [7, 11) is 1.26. The molecule has 0 aliphatic carbocycles. The normalized spacial score (nSPS) is 12.3. The quantitative estimate of drug-likeness (QED) is 0.831. The molecule has 1 aromatic rings. The molecule has 4 nitrogen and oxygen atoms in total. The maximum atomic E-state index is 13.0. The Balaban J connectivity index is 3.30. The van der Waals surface area contributed by atoms with Crippen LogP contribution in [-0.2, 0) is 4.79 Å². The fourth-order valence-electron chi connectivity index (χ4n) is 1.13. The van der Waals surface area contributed by atoms with Crippen LogP contribution in [0.2, 0.25) is 5.02 Å². The third-order valence-electron chi connectivity index (χ3n) is 1.89. The molecule has 0 spiro atoms. The van der Waals surface area contributed by atoms with Crippen molar-refractivity contribution in [1.82, 2.24) is 0 Å². The van der Waals surface area contributed by atoms with Gasteiger partial charge in [-0.05, 0) is 6.07 Å². The van der Waals surface area contributed by atoms with Gasteiger partial charge in [-0.1, -0.05) is 17.7 Å². The topological polar surface area (TPSA) is 72.5 Å². The second kappa shape index (κ2) is 4.46. The van der Waals surface area contributed by atoms with E-state index in [1.165, 1.54) is 13.2 Å². The number of carboxylic acids is 1. The van der Waals surface area contributed by atoms with Gasteiger partial charge in [0.15, 0.2) is 0 Å². The van der Waals surface area contributed by atoms with Crippen molar-refractivity contribution in [3.8, 4) is 5.75 Å². The van der Waals surface area contributed by atoms with Crippen LogP contribution in [0.1, 0.15) is 11.6 Å². The number of carboxylic acid groups (broad SMARTS) is 1. The lowest BCUT2D eigenvalue weighted by atomic mass is 10.1. The summed E-state index contributed by atoms with van der Waals surface area (Å²) in [6, 6.07) is 0.986. The zero-order valence-electron chi connectivity index (χ0n) is 7.83. The number of benzene rings is 1. The second-order valence-corrected chi connectivity index (χ2v) is 3.18. The van der Waals surface area contributed by atoms with Crippen molar-refractivity contribution in [2.45, 2.75) is 6.04 Å². The van der Waals surface area contributed by atoms with Gasteiger partial charge < -0.3 is 15.6 Å². The van der Waals surface area contributed by atoms with Crippen LogP contribution in [0.15, 0.2) is 12.1 Å². The van der Waals surface area contributed by atoms with Crippen LogP contribution in [0.25, 0.3) is 0 Å². The summed E-state index contributed by atoms with van der Waals surface area (Å²) in [5.74, 6) is -1.97. The molecular formula is C9H9ClFNO3. The molecule has 0 aromatic heterocycles. The Kier molecular flexibility index (Phi) is 3.49. The Morgan fingerprint density at radius 1 is 1.67 bits per heavy atom. The molecule has 1 aromatic carbocycles. The first kappa shape index (κ1) is 11.7. The lowest BCUT2D eigenvalue weighted by Crippen LogP contribution is -2.21. The van der Waals surface area contributed by atoms with E-state index in [1.54, 1.807) is 0 Å². The Labute approximate surface area is 90.4 Å². The van der Waals surface area contributed by atoms with E-state index in [9.17, 15) is 9.18 Å². The van der Waals surface area contributed by atoms with Crippen LogP contribution < -0.4 is 10.5 Å². The van der Waals surface area contributed by atoms with Gasteiger partial charge in [0.05, 0.1) is 7.11 Å². The van der Waals surface area contributed by atoms with Gasteiger partial charge in [0.2, 0.25) is 0 Å². The number of hydrogen-bond donors (Lipinski definition) is 2. The molecule has 0 saturated carbocycles. The molecule has 0 fully saturated rings. The van der Waals surface area contributed by atoms with E-state index in [4.69, 9.17) is 27.2 Å². The average molecular weight is 234 g/mol. The third kappa shape index (κ3) is 2.19. The summed E-state index contributed by atoms with van der Waals surface area (Å²) in [5.41, 5.74) is 5.51. The number of rotatable bonds is 3. The minimum atomic E-state index is -1.29. The molecule has 15 heavy (non-hydrogen) atoms. The number of halogens is 2. The molecule has 0 saturated heterocycles. The lowest BCUT2D eigenvalue weighted by molar-refractivity contribution is -0.138. The van der Waals surface area contributed by atoms with E-state index in [0.717, 1.165) is 6.07 Å². The largest absolute Gasteiger partial charge is 0.495 e. The Morgan fingerprint density at radius 2 is 2.27 bits per heavy atom. The monoisotopic (exact) mass is 233 g/mol. The number of hydrogen-bond acceptors (Lipinski definition) is 3. The van der Waals surface area contributed by atoms with Gasteiger partial charge in [-0.3, -0.25) is 4.79 Å². The maximum absolute atomic E-state index is 13.0. The minimum absolute atomic E-state index is 0.0495. The van der Waals surface area contributed by atoms with Gasteiger partial charge in [-0.25, -0.2) is 4.39 Å². The first-order valence-electron chi connectivity index (χ1n) is 3.99. The van der Waals surface area contributed by atoms with Crippen molar-refractivity contribution in [1.29, 1.82) is 0 Å². The van der Waals surface area contributed by atoms with Crippen molar-refractivity contribution in [3.63, 3.8) is 0 Å². The SMILES string of the molecule is COc1c(C(N)C(=O)O)ccc(F)c1Cl. The van der Waals surface area contributed by atoms with Crippen LogP contribution in [-0.4, -0.2) is 18.2 Å². The average Bonchev–Trinajstić information content (AvgIpc) is 2.20. The van der Waals surface area contributed by atoms with E-state index >= 15 is 0 Å². The molecule has 1 rings (SSSR count). The van der Waals surface area contributed by atoms with E-state index in [0.29, 0.717) is 0 Å². The predicted molar refractivity (Wildman–Crippen MR) is 52.5 cm³/mol. The first-order chi connectivity index (χ1) is 6.99. The van der Waals surface area contributed by atoms with Gasteiger partial charge in [-0.15, -0.1) is 0 Å². The Hall–Kier alpha value is -1.33. The second-order valence-electron chi connectivity index (χ2n) is 2.80. The number of methoxy groups -OCH3 is 1. The molecule has 1 unspecified atom stereocenters. The highest BCUT2D eigenvalue weighted by atomic mass is 35.5. The van der Waals surface area contributed by atoms with E-state index in [-0.39, 0.29) is 16.3 Å². The molecule has 3 N–H and O–H groups in total. The van der Waals surface area contributed by atoms with Crippen LogP contribution in [0.5, 0.6) is 5.75 Å². The third-order valence-corrected chi connectivity index (χ3v) is 2.24. The molecule has 0 aliphatic heterocycles. The van der Waals surface area contributed by atoms with Gasteiger partial charge in [0.25, 0.3) is 0 Å². The van der Waals surface area contributed by atoms with Crippen molar-refractivity contribution in [3.05, 3.63) is 28.5 Å². The van der Waals surface area contributed by atoms with Crippen LogP contribution in [0.3, 0.4) is 0 Å². The van der Waals surface area contributed by atoms with Crippen molar-refractivity contribution in [2.75, 3.05) is 7.11 Å². The van der Waals surface area contributed by atoms with Gasteiger partial charge >= 0.3 is 5.97 Å². The van der Waals surface area contributed by atoms with Gasteiger partial charge in [0, 0.05) is 5.56 Å². The van der Waals surface area contributed by atoms with Crippen molar-refractivity contribution in [2.24, 2.45) is 5.73 Å². The molecule has 82 valence electrons. The number of carbonyl (C=O) groups is 1. The van der Waals surface area contributed by atoms with Gasteiger partial charge in [-0.2, -0.15) is 0 Å². The Bertz CT molecular complexity index is 397. The fraction of sp³-hybridized carbons (Fsp3) is 0.222. The summed E-state index contributed by atoms with van der Waals surface area (Å²) in [6.45, 7) is 0. The maximum Gasteiger partial charge on any atom is 0.325 e. The molecule has 1 atom stereocenters. The number of aliphatic carboxylic acids is 1. The van der Waals surface area contributed by atoms with E-state index in [1.807, 2.05) is 0 Å². The fourth-order valence-corrected chi connectivity index (χ4v) is 1.38. The molecule has 6 heteroatoms. The highest BCUT2D eigenvalue weighted by Gasteiger charge is 2.22. The summed E-state index contributed by atoms with van der Waals surface area (Å²) < 4.78 is 17.8. The number of nitrogens with two attached hydrogens (primary N) is 1. The Morgan fingerprint density at radius 3 is 2.73 bits per heavy atom. The molecular weight excluding hydrogens is 225 g/mol. The molecule has 0 radical (unpaired) electrons. The van der Waals surface area contributed by atoms with Crippen LogP contribution >= 0.6 is 11.6 Å². The molecule has 0 heterocycles. The predicted octanol–water partition coefficient (Wildman–Crippen LogP) is 1.57. The zero-order chi connectivity index (χ0) is 11.6. The zero-order valence-corrected chi connectivity index (χ0v) is 8.58. The minimum Gasteiger partial charge on any atom is -0.495 e. The standard InChI is InChI=1S/C9H9ClFNO3/c1-15-8-4(7(12)9(13)14)2-3-5(11)6(8)10/h2-3,7H,12H2,1H3,(H,13,14). The molecule has 0 amide bonds. The van der Waals surface area contributed by atoms with Crippen LogP contribution in [0.4, 0.5) is 4.39 Å².